The lowest BCUT2D eigenvalue weighted by molar-refractivity contribution is 0.102. The lowest BCUT2D eigenvalue weighted by Crippen LogP contribution is -2.23. The van der Waals surface area contributed by atoms with Crippen LogP contribution < -0.4 is 5.32 Å². The van der Waals surface area contributed by atoms with Crippen molar-refractivity contribution >= 4 is 38.6 Å². The molecular weight excluding hydrogens is 386 g/mol. The van der Waals surface area contributed by atoms with E-state index in [0.717, 1.165) is 16.1 Å². The van der Waals surface area contributed by atoms with Crippen LogP contribution in [0.2, 0.25) is 0 Å². The first kappa shape index (κ1) is 20.9. The van der Waals surface area contributed by atoms with E-state index < -0.39 is 15.9 Å². The van der Waals surface area contributed by atoms with E-state index in [-0.39, 0.29) is 15.7 Å². The van der Waals surface area contributed by atoms with E-state index in [1.54, 1.807) is 38.4 Å². The van der Waals surface area contributed by atoms with E-state index >= 15 is 0 Å². The first-order valence-electron chi connectivity index (χ1n) is 7.95. The molecule has 7 nitrogen and oxygen atoms in total. The van der Waals surface area contributed by atoms with Crippen LogP contribution in [0.1, 0.15) is 10.4 Å². The Bertz CT molecular complexity index is 957. The van der Waals surface area contributed by atoms with Crippen molar-refractivity contribution in [2.45, 2.75) is 9.79 Å². The minimum Gasteiger partial charge on any atom is -0.339 e. The molecule has 2 aromatic carbocycles. The second-order valence-electron chi connectivity index (χ2n) is 6.03. The number of nitrogens with zero attached hydrogens (tertiary/aromatic N) is 2. The number of nitrogens with one attached hydrogen (secondary N) is 1. The highest BCUT2D eigenvalue weighted by Crippen LogP contribution is 2.29. The van der Waals surface area contributed by atoms with Gasteiger partial charge in [-0.2, -0.15) is 0 Å². The molecule has 0 saturated heterocycles. The second kappa shape index (κ2) is 8.55. The first-order chi connectivity index (χ1) is 12.6. The van der Waals surface area contributed by atoms with Gasteiger partial charge in [0.05, 0.1) is 10.6 Å². The molecule has 0 aliphatic rings. The summed E-state index contributed by atoms with van der Waals surface area (Å²) in [5.41, 5.74) is 0.681. The van der Waals surface area contributed by atoms with Crippen molar-refractivity contribution in [2.24, 2.45) is 0 Å². The van der Waals surface area contributed by atoms with Crippen molar-refractivity contribution in [3.63, 3.8) is 0 Å². The number of para-hydroxylation sites is 1. The van der Waals surface area contributed by atoms with Gasteiger partial charge in [0.2, 0.25) is 10.0 Å². The highest BCUT2D eigenvalue weighted by atomic mass is 32.2. The summed E-state index contributed by atoms with van der Waals surface area (Å²) in [6.07, 6.45) is 0. The Morgan fingerprint density at radius 3 is 2.26 bits per heavy atom. The van der Waals surface area contributed by atoms with Crippen LogP contribution in [0.5, 0.6) is 0 Å². The number of anilines is 1. The third-order valence-corrected chi connectivity index (χ3v) is 6.50. The molecule has 0 atom stereocenters. The van der Waals surface area contributed by atoms with Crippen LogP contribution in [0.15, 0.2) is 58.3 Å². The third kappa shape index (κ3) is 5.09. The van der Waals surface area contributed by atoms with Crippen molar-refractivity contribution in [3.05, 3.63) is 54.1 Å². The Hall–Kier alpha value is -2.36. The van der Waals surface area contributed by atoms with Gasteiger partial charge in [0.15, 0.2) is 0 Å². The Labute approximate surface area is 163 Å². The molecule has 2 rings (SSSR count). The van der Waals surface area contributed by atoms with Crippen LogP contribution in [0, 0.1) is 0 Å². The van der Waals surface area contributed by atoms with Gasteiger partial charge < -0.3 is 10.2 Å². The van der Waals surface area contributed by atoms with Crippen LogP contribution in [0.4, 0.5) is 10.5 Å². The number of carbonyl (C=O) groups is 2. The second-order valence-corrected chi connectivity index (χ2v) is 9.17. The zero-order valence-corrected chi connectivity index (χ0v) is 17.1. The Morgan fingerprint density at radius 1 is 0.963 bits per heavy atom. The maximum Gasteiger partial charge on any atom is 0.286 e. The molecule has 0 aliphatic carbocycles. The fraction of sp³-hybridized carbons (Fsp3) is 0.222. The highest BCUT2D eigenvalue weighted by molar-refractivity contribution is 8.13. The lowest BCUT2D eigenvalue weighted by atomic mass is 10.2. The summed E-state index contributed by atoms with van der Waals surface area (Å²) in [4.78, 5) is 26.6. The summed E-state index contributed by atoms with van der Waals surface area (Å²) in [5.74, 6) is -0.462. The predicted molar refractivity (Wildman–Crippen MR) is 107 cm³/mol. The number of amides is 2. The van der Waals surface area contributed by atoms with Crippen molar-refractivity contribution in [2.75, 3.05) is 33.5 Å². The molecule has 0 bridgehead atoms. The van der Waals surface area contributed by atoms with Crippen LogP contribution in [0.3, 0.4) is 0 Å². The summed E-state index contributed by atoms with van der Waals surface area (Å²) in [7, 11) is 2.51. The summed E-state index contributed by atoms with van der Waals surface area (Å²) >= 11 is 0.997. The summed E-state index contributed by atoms with van der Waals surface area (Å²) in [5, 5.41) is 2.57. The molecule has 0 heterocycles. The number of hydrogen-bond acceptors (Lipinski definition) is 5. The topological polar surface area (TPSA) is 86.8 Å². The number of benzene rings is 2. The van der Waals surface area contributed by atoms with Gasteiger partial charge in [-0.15, -0.1) is 0 Å². The van der Waals surface area contributed by atoms with Crippen molar-refractivity contribution in [1.29, 1.82) is 0 Å². The molecule has 0 fully saturated rings. The molecule has 2 amide bonds. The summed E-state index contributed by atoms with van der Waals surface area (Å²) < 4.78 is 25.6. The lowest BCUT2D eigenvalue weighted by Gasteiger charge is -2.14. The normalized spacial score (nSPS) is 11.3. The van der Waals surface area contributed by atoms with E-state index in [4.69, 9.17) is 0 Å². The molecule has 2 aromatic rings. The SMILES string of the molecule is CN(C)C(=O)Sc1ccccc1NC(=O)c1cccc(S(=O)(=O)N(C)C)c1. The Morgan fingerprint density at radius 2 is 1.63 bits per heavy atom. The highest BCUT2D eigenvalue weighted by Gasteiger charge is 2.19. The molecule has 0 unspecified atom stereocenters. The van der Waals surface area contributed by atoms with E-state index in [1.165, 1.54) is 43.3 Å². The van der Waals surface area contributed by atoms with Crippen molar-refractivity contribution in [1.82, 2.24) is 9.21 Å². The zero-order valence-electron chi connectivity index (χ0n) is 15.5. The Balaban J connectivity index is 2.28. The van der Waals surface area contributed by atoms with E-state index in [9.17, 15) is 18.0 Å². The molecule has 0 spiro atoms. The monoisotopic (exact) mass is 407 g/mol. The number of carbonyl (C=O) groups excluding carboxylic acids is 2. The smallest absolute Gasteiger partial charge is 0.286 e. The maximum atomic E-state index is 12.6. The molecule has 144 valence electrons. The van der Waals surface area contributed by atoms with Gasteiger partial charge in [-0.1, -0.05) is 18.2 Å². The minimum atomic E-state index is -3.64. The number of thioether (sulfide) groups is 1. The molecule has 1 N–H and O–H groups in total. The van der Waals surface area contributed by atoms with Gasteiger partial charge in [0.25, 0.3) is 11.1 Å². The molecule has 0 aromatic heterocycles. The van der Waals surface area contributed by atoms with E-state index in [1.807, 2.05) is 0 Å². The predicted octanol–water partition coefficient (Wildman–Crippen LogP) is 2.96. The summed E-state index contributed by atoms with van der Waals surface area (Å²) in [6.45, 7) is 0. The molecular formula is C18H21N3O4S2. The maximum absolute atomic E-state index is 12.6. The standard InChI is InChI=1S/C18H21N3O4S2/c1-20(2)18(23)26-16-11-6-5-10-15(16)19-17(22)13-8-7-9-14(12-13)27(24,25)21(3)4/h5-12H,1-4H3,(H,19,22). The van der Waals surface area contributed by atoms with E-state index in [0.29, 0.717) is 10.6 Å². The van der Waals surface area contributed by atoms with Gasteiger partial charge >= 0.3 is 0 Å². The first-order valence-corrected chi connectivity index (χ1v) is 10.2. The van der Waals surface area contributed by atoms with Crippen LogP contribution in [-0.4, -0.2) is 57.0 Å². The third-order valence-electron chi connectivity index (χ3n) is 3.57. The number of rotatable bonds is 5. The van der Waals surface area contributed by atoms with Gasteiger partial charge in [0, 0.05) is 38.6 Å². The molecule has 0 aliphatic heterocycles. The van der Waals surface area contributed by atoms with E-state index in [2.05, 4.69) is 5.32 Å². The van der Waals surface area contributed by atoms with Crippen molar-refractivity contribution in [3.8, 4) is 0 Å². The van der Waals surface area contributed by atoms with Gasteiger partial charge in [0.1, 0.15) is 0 Å². The largest absolute Gasteiger partial charge is 0.339 e. The fourth-order valence-electron chi connectivity index (χ4n) is 2.05. The zero-order chi connectivity index (χ0) is 20.2. The van der Waals surface area contributed by atoms with Gasteiger partial charge in [-0.05, 0) is 42.1 Å². The minimum absolute atomic E-state index is 0.0330. The van der Waals surface area contributed by atoms with Gasteiger partial charge in [-0.3, -0.25) is 9.59 Å². The van der Waals surface area contributed by atoms with Gasteiger partial charge in [-0.25, -0.2) is 12.7 Å². The molecule has 27 heavy (non-hydrogen) atoms. The quantitative estimate of drug-likeness (QED) is 0.770. The number of hydrogen-bond donors (Lipinski definition) is 1. The Kier molecular flexibility index (Phi) is 6.63. The van der Waals surface area contributed by atoms with Crippen LogP contribution in [0.25, 0.3) is 0 Å². The molecule has 0 radical (unpaired) electrons. The van der Waals surface area contributed by atoms with Crippen molar-refractivity contribution < 1.29 is 18.0 Å². The number of sulfonamides is 1. The molecule has 9 heteroatoms. The average molecular weight is 408 g/mol. The van der Waals surface area contributed by atoms with Crippen LogP contribution in [-0.2, 0) is 10.0 Å². The average Bonchev–Trinajstić information content (AvgIpc) is 2.63. The molecule has 0 saturated carbocycles. The van der Waals surface area contributed by atoms with Crippen LogP contribution >= 0.6 is 11.8 Å². The summed E-state index contributed by atoms with van der Waals surface area (Å²) in [6, 6.07) is 12.7. The fourth-order valence-corrected chi connectivity index (χ4v) is 3.74.